The maximum atomic E-state index is 13.5. The molecule has 25 heavy (non-hydrogen) atoms. The minimum Gasteiger partial charge on any atom is -0.496 e. The number of ether oxygens (including phenoxy) is 1. The van der Waals surface area contributed by atoms with E-state index in [1.165, 1.54) is 12.1 Å². The number of hydrogen-bond donors (Lipinski definition) is 0. The molecule has 0 N–H and O–H groups in total. The number of hydrogen-bond acceptors (Lipinski definition) is 3. The highest BCUT2D eigenvalue weighted by molar-refractivity contribution is 7.09. The molecule has 128 valence electrons. The van der Waals surface area contributed by atoms with Gasteiger partial charge in [0, 0.05) is 16.0 Å². The van der Waals surface area contributed by atoms with Crippen molar-refractivity contribution in [3.05, 3.63) is 87.9 Å². The lowest BCUT2D eigenvalue weighted by Crippen LogP contribution is -2.30. The number of thiophene rings is 1. The van der Waals surface area contributed by atoms with Crippen LogP contribution in [0.15, 0.2) is 66.0 Å². The number of para-hydroxylation sites is 1. The Morgan fingerprint density at radius 3 is 2.64 bits per heavy atom. The van der Waals surface area contributed by atoms with Gasteiger partial charge in [-0.05, 0) is 35.7 Å². The second-order valence-electron chi connectivity index (χ2n) is 5.56. The first-order valence-corrected chi connectivity index (χ1v) is 8.74. The molecule has 3 rings (SSSR count). The largest absolute Gasteiger partial charge is 0.496 e. The van der Waals surface area contributed by atoms with E-state index in [0.29, 0.717) is 18.7 Å². The Morgan fingerprint density at radius 1 is 1.08 bits per heavy atom. The maximum absolute atomic E-state index is 13.5. The van der Waals surface area contributed by atoms with Crippen molar-refractivity contribution in [2.24, 2.45) is 0 Å². The van der Waals surface area contributed by atoms with E-state index in [1.54, 1.807) is 35.5 Å². The van der Waals surface area contributed by atoms with Crippen molar-refractivity contribution >= 4 is 17.2 Å². The summed E-state index contributed by atoms with van der Waals surface area (Å²) in [6.45, 7) is 0.850. The van der Waals surface area contributed by atoms with Crippen LogP contribution in [0, 0.1) is 5.82 Å². The number of nitrogens with zero attached hydrogens (tertiary/aromatic N) is 1. The van der Waals surface area contributed by atoms with E-state index in [0.717, 1.165) is 16.2 Å². The van der Waals surface area contributed by atoms with Gasteiger partial charge < -0.3 is 9.64 Å². The zero-order chi connectivity index (χ0) is 17.6. The number of carbonyl (C=O) groups excluding carboxylic acids is 1. The first-order valence-electron chi connectivity index (χ1n) is 7.86. The minimum atomic E-state index is -0.417. The predicted octanol–water partition coefficient (Wildman–Crippen LogP) is 4.74. The molecule has 3 nitrogen and oxygen atoms in total. The predicted molar refractivity (Wildman–Crippen MR) is 97.3 cm³/mol. The Labute approximate surface area is 150 Å². The van der Waals surface area contributed by atoms with Gasteiger partial charge in [0.2, 0.25) is 0 Å². The van der Waals surface area contributed by atoms with Gasteiger partial charge in [-0.1, -0.05) is 30.3 Å². The summed E-state index contributed by atoms with van der Waals surface area (Å²) >= 11 is 1.59. The average Bonchev–Trinajstić information content (AvgIpc) is 3.14. The summed E-state index contributed by atoms with van der Waals surface area (Å²) in [5.41, 5.74) is 1.25. The SMILES string of the molecule is COc1ccccc1CN(Cc1cccs1)C(=O)c1cccc(F)c1. The van der Waals surface area contributed by atoms with Crippen molar-refractivity contribution in [2.75, 3.05) is 7.11 Å². The van der Waals surface area contributed by atoms with E-state index in [2.05, 4.69) is 0 Å². The average molecular weight is 355 g/mol. The summed E-state index contributed by atoms with van der Waals surface area (Å²) in [5, 5.41) is 1.98. The topological polar surface area (TPSA) is 29.5 Å². The fourth-order valence-electron chi connectivity index (χ4n) is 2.63. The van der Waals surface area contributed by atoms with Crippen molar-refractivity contribution < 1.29 is 13.9 Å². The molecule has 3 aromatic rings. The van der Waals surface area contributed by atoms with Crippen LogP contribution in [0.1, 0.15) is 20.8 Å². The van der Waals surface area contributed by atoms with Gasteiger partial charge >= 0.3 is 0 Å². The third kappa shape index (κ3) is 4.25. The van der Waals surface area contributed by atoms with Crippen LogP contribution in [-0.2, 0) is 13.1 Å². The number of rotatable bonds is 6. The molecular formula is C20H18FNO2S. The first-order chi connectivity index (χ1) is 12.2. The quantitative estimate of drug-likeness (QED) is 0.639. The Bertz CT molecular complexity index is 848. The van der Waals surface area contributed by atoms with Crippen molar-refractivity contribution in [3.63, 3.8) is 0 Å². The molecule has 0 bridgehead atoms. The zero-order valence-electron chi connectivity index (χ0n) is 13.8. The van der Waals surface area contributed by atoms with Crippen molar-refractivity contribution in [1.82, 2.24) is 4.90 Å². The summed E-state index contributed by atoms with van der Waals surface area (Å²) in [5.74, 6) is 0.101. The fourth-order valence-corrected chi connectivity index (χ4v) is 3.35. The molecular weight excluding hydrogens is 337 g/mol. The molecule has 0 spiro atoms. The lowest BCUT2D eigenvalue weighted by atomic mass is 10.1. The normalized spacial score (nSPS) is 10.5. The van der Waals surface area contributed by atoms with Crippen LogP contribution >= 0.6 is 11.3 Å². The molecule has 0 atom stereocenters. The molecule has 0 fully saturated rings. The highest BCUT2D eigenvalue weighted by Crippen LogP contribution is 2.23. The van der Waals surface area contributed by atoms with Gasteiger partial charge in [0.15, 0.2) is 0 Å². The smallest absolute Gasteiger partial charge is 0.254 e. The van der Waals surface area contributed by atoms with Gasteiger partial charge in [0.25, 0.3) is 5.91 Å². The Kier molecular flexibility index (Phi) is 5.46. The first kappa shape index (κ1) is 17.2. The van der Waals surface area contributed by atoms with Crippen LogP contribution in [-0.4, -0.2) is 17.9 Å². The summed E-state index contributed by atoms with van der Waals surface area (Å²) in [7, 11) is 1.61. The standard InChI is InChI=1S/C20H18FNO2S/c1-24-19-10-3-2-6-16(19)13-22(14-18-9-5-11-25-18)20(23)15-7-4-8-17(21)12-15/h2-12H,13-14H2,1H3. The van der Waals surface area contributed by atoms with E-state index in [-0.39, 0.29) is 5.91 Å². The van der Waals surface area contributed by atoms with Gasteiger partial charge in [0.1, 0.15) is 11.6 Å². The molecule has 1 aromatic heterocycles. The Morgan fingerprint density at radius 2 is 1.92 bits per heavy atom. The van der Waals surface area contributed by atoms with E-state index in [4.69, 9.17) is 4.74 Å². The fraction of sp³-hybridized carbons (Fsp3) is 0.150. The number of halogens is 1. The van der Waals surface area contributed by atoms with Gasteiger partial charge in [-0.15, -0.1) is 11.3 Å². The second kappa shape index (κ2) is 7.94. The number of amides is 1. The molecule has 0 saturated heterocycles. The molecule has 0 saturated carbocycles. The Hall–Kier alpha value is -2.66. The lowest BCUT2D eigenvalue weighted by molar-refractivity contribution is 0.0730. The van der Waals surface area contributed by atoms with E-state index >= 15 is 0 Å². The summed E-state index contributed by atoms with van der Waals surface area (Å²) in [4.78, 5) is 15.7. The highest BCUT2D eigenvalue weighted by atomic mass is 32.1. The lowest BCUT2D eigenvalue weighted by Gasteiger charge is -2.23. The second-order valence-corrected chi connectivity index (χ2v) is 6.60. The molecule has 0 unspecified atom stereocenters. The number of methoxy groups -OCH3 is 1. The molecule has 0 aliphatic heterocycles. The highest BCUT2D eigenvalue weighted by Gasteiger charge is 2.19. The monoisotopic (exact) mass is 355 g/mol. The Balaban J connectivity index is 1.90. The van der Waals surface area contributed by atoms with Gasteiger partial charge in [-0.25, -0.2) is 4.39 Å². The molecule has 2 aromatic carbocycles. The summed E-state index contributed by atoms with van der Waals surface area (Å²) < 4.78 is 18.9. The van der Waals surface area contributed by atoms with Crippen LogP contribution < -0.4 is 4.74 Å². The third-order valence-corrected chi connectivity index (χ3v) is 4.70. The van der Waals surface area contributed by atoms with Crippen molar-refractivity contribution in [3.8, 4) is 5.75 Å². The molecule has 5 heteroatoms. The van der Waals surface area contributed by atoms with E-state index in [1.807, 2.05) is 41.8 Å². The third-order valence-electron chi connectivity index (χ3n) is 3.84. The van der Waals surface area contributed by atoms with Crippen LogP contribution in [0.3, 0.4) is 0 Å². The summed E-state index contributed by atoms with van der Waals surface area (Å²) in [6.07, 6.45) is 0. The van der Waals surface area contributed by atoms with Crippen LogP contribution in [0.4, 0.5) is 4.39 Å². The molecule has 0 aliphatic carbocycles. The van der Waals surface area contributed by atoms with Crippen LogP contribution in [0.5, 0.6) is 5.75 Å². The van der Waals surface area contributed by atoms with Crippen LogP contribution in [0.25, 0.3) is 0 Å². The molecule has 0 radical (unpaired) electrons. The zero-order valence-corrected chi connectivity index (χ0v) is 14.6. The van der Waals surface area contributed by atoms with Crippen molar-refractivity contribution in [1.29, 1.82) is 0 Å². The van der Waals surface area contributed by atoms with E-state index < -0.39 is 5.82 Å². The van der Waals surface area contributed by atoms with Crippen LogP contribution in [0.2, 0.25) is 0 Å². The number of benzene rings is 2. The molecule has 0 aliphatic rings. The van der Waals surface area contributed by atoms with Gasteiger partial charge in [-0.2, -0.15) is 0 Å². The minimum absolute atomic E-state index is 0.209. The van der Waals surface area contributed by atoms with Gasteiger partial charge in [0.05, 0.1) is 20.2 Å². The van der Waals surface area contributed by atoms with Gasteiger partial charge in [-0.3, -0.25) is 4.79 Å². The molecule has 1 amide bonds. The van der Waals surface area contributed by atoms with Crippen molar-refractivity contribution in [2.45, 2.75) is 13.1 Å². The van der Waals surface area contributed by atoms with E-state index in [9.17, 15) is 9.18 Å². The summed E-state index contributed by atoms with van der Waals surface area (Å²) in [6, 6.07) is 17.3. The number of carbonyl (C=O) groups is 1. The molecule has 1 heterocycles. The maximum Gasteiger partial charge on any atom is 0.254 e.